The predicted molar refractivity (Wildman–Crippen MR) is 89.8 cm³/mol. The summed E-state index contributed by atoms with van der Waals surface area (Å²) in [4.78, 5) is 14.2. The smallest absolute Gasteiger partial charge is 0.240 e. The third kappa shape index (κ3) is 6.03. The zero-order chi connectivity index (χ0) is 16.6. The van der Waals surface area contributed by atoms with Gasteiger partial charge >= 0.3 is 0 Å². The van der Waals surface area contributed by atoms with Crippen LogP contribution in [0.3, 0.4) is 0 Å². The van der Waals surface area contributed by atoms with Crippen molar-refractivity contribution in [1.82, 2.24) is 10.2 Å². The second-order valence-electron chi connectivity index (χ2n) is 6.11. The van der Waals surface area contributed by atoms with Crippen LogP contribution in [0.5, 0.6) is 5.75 Å². The number of carbonyl (C=O) groups is 1. The molecule has 0 saturated carbocycles. The molecule has 1 rings (SSSR count). The third-order valence-electron chi connectivity index (χ3n) is 3.50. The van der Waals surface area contributed by atoms with Gasteiger partial charge in [0, 0.05) is 18.7 Å². The minimum absolute atomic E-state index is 0.127. The Kier molecular flexibility index (Phi) is 7.35. The van der Waals surface area contributed by atoms with Gasteiger partial charge in [0.15, 0.2) is 0 Å². The van der Waals surface area contributed by atoms with Crippen LogP contribution in [-0.4, -0.2) is 43.6 Å². The fourth-order valence-electron chi connectivity index (χ4n) is 2.14. The molecule has 0 aliphatic rings. The van der Waals surface area contributed by atoms with Gasteiger partial charge in [-0.05, 0) is 33.5 Å². The van der Waals surface area contributed by atoms with Crippen LogP contribution in [0.25, 0.3) is 0 Å². The van der Waals surface area contributed by atoms with E-state index in [-0.39, 0.29) is 5.91 Å². The average molecular weight is 307 g/mol. The van der Waals surface area contributed by atoms with E-state index >= 15 is 0 Å². The zero-order valence-corrected chi connectivity index (χ0v) is 14.2. The lowest BCUT2D eigenvalue weighted by molar-refractivity contribution is -0.126. The number of carbonyl (C=O) groups excluding carboxylic acids is 1. The molecule has 0 bridgehead atoms. The lowest BCUT2D eigenvalue weighted by atomic mass is 9.96. The Bertz CT molecular complexity index is 473. The van der Waals surface area contributed by atoms with Gasteiger partial charge in [-0.25, -0.2) is 0 Å². The van der Waals surface area contributed by atoms with E-state index in [9.17, 15) is 4.79 Å². The summed E-state index contributed by atoms with van der Waals surface area (Å²) in [6.45, 7) is 5.67. The number of nitrogens with two attached hydrogens (primary N) is 1. The average Bonchev–Trinajstić information content (AvgIpc) is 2.45. The summed E-state index contributed by atoms with van der Waals surface area (Å²) in [6, 6.07) is 7.75. The van der Waals surface area contributed by atoms with Crippen LogP contribution in [0.4, 0.5) is 0 Å². The SMILES string of the molecule is CCCC(C)(N)C(=O)NCc1ccccc1OCCN(C)C. The minimum Gasteiger partial charge on any atom is -0.492 e. The summed E-state index contributed by atoms with van der Waals surface area (Å²) in [7, 11) is 4.01. The Morgan fingerprint density at radius 1 is 1.36 bits per heavy atom. The van der Waals surface area contributed by atoms with Crippen molar-refractivity contribution in [2.24, 2.45) is 5.73 Å². The minimum atomic E-state index is -0.824. The fourth-order valence-corrected chi connectivity index (χ4v) is 2.14. The van der Waals surface area contributed by atoms with E-state index in [1.165, 1.54) is 0 Å². The van der Waals surface area contributed by atoms with Crippen LogP contribution in [0.2, 0.25) is 0 Å². The number of likely N-dealkylation sites (N-methyl/N-ethyl adjacent to an activating group) is 1. The van der Waals surface area contributed by atoms with Gasteiger partial charge in [-0.1, -0.05) is 31.5 Å². The second-order valence-corrected chi connectivity index (χ2v) is 6.11. The highest BCUT2D eigenvalue weighted by atomic mass is 16.5. The monoisotopic (exact) mass is 307 g/mol. The van der Waals surface area contributed by atoms with Crippen LogP contribution in [0, 0.1) is 0 Å². The van der Waals surface area contributed by atoms with Gasteiger partial charge in [0.05, 0.1) is 5.54 Å². The van der Waals surface area contributed by atoms with E-state index in [2.05, 4.69) is 10.2 Å². The number of amides is 1. The van der Waals surface area contributed by atoms with Gasteiger partial charge in [0.1, 0.15) is 12.4 Å². The summed E-state index contributed by atoms with van der Waals surface area (Å²) in [6.07, 6.45) is 1.55. The molecule has 1 aromatic rings. The molecule has 5 heteroatoms. The first-order valence-electron chi connectivity index (χ1n) is 7.79. The molecule has 0 aliphatic carbocycles. The Morgan fingerprint density at radius 3 is 2.68 bits per heavy atom. The van der Waals surface area contributed by atoms with Gasteiger partial charge in [-0.3, -0.25) is 4.79 Å². The zero-order valence-electron chi connectivity index (χ0n) is 14.2. The molecule has 1 aromatic carbocycles. The first-order valence-corrected chi connectivity index (χ1v) is 7.79. The molecule has 3 N–H and O–H groups in total. The maximum absolute atomic E-state index is 12.2. The number of hydrogen-bond donors (Lipinski definition) is 2. The van der Waals surface area contributed by atoms with E-state index in [1.807, 2.05) is 45.3 Å². The van der Waals surface area contributed by atoms with Gasteiger partial charge in [-0.15, -0.1) is 0 Å². The Labute approximate surface area is 133 Å². The van der Waals surface area contributed by atoms with Crippen LogP contribution < -0.4 is 15.8 Å². The molecule has 124 valence electrons. The maximum Gasteiger partial charge on any atom is 0.240 e. The normalized spacial score (nSPS) is 13.7. The number of nitrogens with zero attached hydrogens (tertiary/aromatic N) is 1. The van der Waals surface area contributed by atoms with E-state index in [0.29, 0.717) is 19.6 Å². The third-order valence-corrected chi connectivity index (χ3v) is 3.50. The Hall–Kier alpha value is -1.59. The molecule has 1 amide bonds. The van der Waals surface area contributed by atoms with Crippen LogP contribution in [-0.2, 0) is 11.3 Å². The molecular weight excluding hydrogens is 278 g/mol. The molecule has 0 spiro atoms. The van der Waals surface area contributed by atoms with E-state index in [0.717, 1.165) is 24.3 Å². The quantitative estimate of drug-likeness (QED) is 0.729. The van der Waals surface area contributed by atoms with Crippen molar-refractivity contribution in [3.05, 3.63) is 29.8 Å². The second kappa shape index (κ2) is 8.76. The van der Waals surface area contributed by atoms with Gasteiger partial charge in [0.2, 0.25) is 5.91 Å². The number of nitrogens with one attached hydrogen (secondary N) is 1. The van der Waals surface area contributed by atoms with Crippen molar-refractivity contribution in [3.63, 3.8) is 0 Å². The largest absolute Gasteiger partial charge is 0.492 e. The molecule has 0 aliphatic heterocycles. The van der Waals surface area contributed by atoms with Gasteiger partial charge in [-0.2, -0.15) is 0 Å². The molecule has 5 nitrogen and oxygen atoms in total. The van der Waals surface area contributed by atoms with Crippen LogP contribution in [0.1, 0.15) is 32.3 Å². The van der Waals surface area contributed by atoms with Crippen molar-refractivity contribution >= 4 is 5.91 Å². The lowest BCUT2D eigenvalue weighted by Crippen LogP contribution is -2.51. The van der Waals surface area contributed by atoms with Gasteiger partial charge < -0.3 is 20.7 Å². The van der Waals surface area contributed by atoms with Crippen molar-refractivity contribution in [2.45, 2.75) is 38.8 Å². The Morgan fingerprint density at radius 2 is 2.05 bits per heavy atom. The summed E-state index contributed by atoms with van der Waals surface area (Å²) in [5, 5.41) is 2.91. The summed E-state index contributed by atoms with van der Waals surface area (Å²) >= 11 is 0. The number of ether oxygens (including phenoxy) is 1. The predicted octanol–water partition coefficient (Wildman–Crippen LogP) is 1.76. The van der Waals surface area contributed by atoms with Crippen molar-refractivity contribution in [1.29, 1.82) is 0 Å². The first-order chi connectivity index (χ1) is 10.4. The molecule has 0 radical (unpaired) electrons. The highest BCUT2D eigenvalue weighted by Gasteiger charge is 2.26. The van der Waals surface area contributed by atoms with Crippen molar-refractivity contribution in [2.75, 3.05) is 27.2 Å². The summed E-state index contributed by atoms with van der Waals surface area (Å²) < 4.78 is 5.79. The topological polar surface area (TPSA) is 67.6 Å². The maximum atomic E-state index is 12.2. The van der Waals surface area contributed by atoms with Crippen molar-refractivity contribution < 1.29 is 9.53 Å². The van der Waals surface area contributed by atoms with E-state index in [4.69, 9.17) is 10.5 Å². The number of benzene rings is 1. The number of para-hydroxylation sites is 1. The standard InChI is InChI=1S/C17H29N3O2/c1-5-10-17(2,18)16(21)19-13-14-8-6-7-9-15(14)22-12-11-20(3)4/h6-9H,5,10-13,18H2,1-4H3,(H,19,21). The molecule has 1 unspecified atom stereocenters. The molecule has 0 saturated heterocycles. The molecular formula is C17H29N3O2. The molecule has 0 fully saturated rings. The Balaban J connectivity index is 2.60. The first kappa shape index (κ1) is 18.5. The lowest BCUT2D eigenvalue weighted by Gasteiger charge is -2.23. The highest BCUT2D eigenvalue weighted by molar-refractivity contribution is 5.85. The van der Waals surface area contributed by atoms with E-state index in [1.54, 1.807) is 6.92 Å². The summed E-state index contributed by atoms with van der Waals surface area (Å²) in [5.41, 5.74) is 6.17. The molecule has 22 heavy (non-hydrogen) atoms. The van der Waals surface area contributed by atoms with Gasteiger partial charge in [0.25, 0.3) is 0 Å². The summed E-state index contributed by atoms with van der Waals surface area (Å²) in [5.74, 6) is 0.677. The molecule has 0 heterocycles. The highest BCUT2D eigenvalue weighted by Crippen LogP contribution is 2.18. The molecule has 1 atom stereocenters. The molecule has 0 aromatic heterocycles. The van der Waals surface area contributed by atoms with Crippen molar-refractivity contribution in [3.8, 4) is 5.75 Å². The van der Waals surface area contributed by atoms with E-state index < -0.39 is 5.54 Å². The fraction of sp³-hybridized carbons (Fsp3) is 0.588. The number of rotatable bonds is 9. The van der Waals surface area contributed by atoms with Crippen LogP contribution in [0.15, 0.2) is 24.3 Å². The van der Waals surface area contributed by atoms with Crippen LogP contribution >= 0.6 is 0 Å². The number of hydrogen-bond acceptors (Lipinski definition) is 4.